The number of carbonyl (C=O) groups is 1. The predicted octanol–water partition coefficient (Wildman–Crippen LogP) is 3.64. The first-order chi connectivity index (χ1) is 15.2. The van der Waals surface area contributed by atoms with Gasteiger partial charge in [-0.15, -0.1) is 0 Å². The van der Waals surface area contributed by atoms with Crippen molar-refractivity contribution in [2.75, 3.05) is 13.7 Å². The number of fused-ring (bicyclic) bond motifs is 1. The van der Waals surface area contributed by atoms with E-state index in [4.69, 9.17) is 14.2 Å². The summed E-state index contributed by atoms with van der Waals surface area (Å²) < 4.78 is 17.8. The Morgan fingerprint density at radius 2 is 1.87 bits per heavy atom. The third-order valence-corrected chi connectivity index (χ3v) is 4.88. The quantitative estimate of drug-likeness (QED) is 0.591. The predicted molar refractivity (Wildman–Crippen MR) is 116 cm³/mol. The molecule has 3 aromatic rings. The first-order valence-electron chi connectivity index (χ1n) is 9.98. The van der Waals surface area contributed by atoms with E-state index >= 15 is 0 Å². The molecule has 7 nitrogen and oxygen atoms in total. The van der Waals surface area contributed by atoms with Crippen LogP contribution in [-0.2, 0) is 11.3 Å². The number of benzene rings is 2. The van der Waals surface area contributed by atoms with Gasteiger partial charge in [0.05, 0.1) is 19.4 Å². The Morgan fingerprint density at radius 1 is 1.10 bits per heavy atom. The van der Waals surface area contributed by atoms with Crippen LogP contribution >= 0.6 is 0 Å². The zero-order valence-corrected chi connectivity index (χ0v) is 17.1. The van der Waals surface area contributed by atoms with Gasteiger partial charge in [0.15, 0.2) is 11.4 Å². The lowest BCUT2D eigenvalue weighted by Crippen LogP contribution is -2.20. The monoisotopic (exact) mass is 418 g/mol. The summed E-state index contributed by atoms with van der Waals surface area (Å²) in [5, 5.41) is 4.68. The maximum absolute atomic E-state index is 12.6. The van der Waals surface area contributed by atoms with Gasteiger partial charge in [-0.1, -0.05) is 42.5 Å². The van der Waals surface area contributed by atoms with Crippen LogP contribution in [0, 0.1) is 0 Å². The van der Waals surface area contributed by atoms with Gasteiger partial charge >= 0.3 is 5.97 Å². The van der Waals surface area contributed by atoms with Crippen molar-refractivity contribution in [2.45, 2.75) is 19.4 Å². The number of nitrogens with zero attached hydrogens (tertiary/aromatic N) is 2. The van der Waals surface area contributed by atoms with Gasteiger partial charge in [-0.3, -0.25) is 4.79 Å². The fraction of sp³-hybridized carbons (Fsp3) is 0.208. The molecule has 0 saturated carbocycles. The molecule has 0 aliphatic carbocycles. The number of methoxy groups -OCH3 is 1. The zero-order valence-electron chi connectivity index (χ0n) is 17.1. The van der Waals surface area contributed by atoms with Crippen LogP contribution in [0.5, 0.6) is 11.5 Å². The third kappa shape index (κ3) is 4.50. The summed E-state index contributed by atoms with van der Waals surface area (Å²) >= 11 is 0. The van der Waals surface area contributed by atoms with Crippen LogP contribution in [0.25, 0.3) is 0 Å². The number of para-hydroxylation sites is 1. The molecule has 1 aliphatic rings. The van der Waals surface area contributed by atoms with E-state index in [1.54, 1.807) is 0 Å². The van der Waals surface area contributed by atoms with Crippen molar-refractivity contribution in [3.63, 3.8) is 0 Å². The molecule has 0 amide bonds. The van der Waals surface area contributed by atoms with E-state index < -0.39 is 11.4 Å². The third-order valence-electron chi connectivity index (χ3n) is 4.88. The highest BCUT2D eigenvalue weighted by Gasteiger charge is 2.23. The van der Waals surface area contributed by atoms with E-state index in [9.17, 15) is 9.59 Å². The van der Waals surface area contributed by atoms with Crippen molar-refractivity contribution in [3.05, 3.63) is 93.9 Å². The van der Waals surface area contributed by atoms with E-state index in [-0.39, 0.29) is 18.1 Å². The number of carbonyl (C=O) groups excluding carboxylic acids is 1. The normalized spacial score (nSPS) is 14.3. The van der Waals surface area contributed by atoms with Crippen LogP contribution < -0.4 is 14.9 Å². The molecule has 0 fully saturated rings. The van der Waals surface area contributed by atoms with Gasteiger partial charge in [0.2, 0.25) is 5.43 Å². The van der Waals surface area contributed by atoms with Crippen molar-refractivity contribution in [3.8, 4) is 11.5 Å². The van der Waals surface area contributed by atoms with Crippen molar-refractivity contribution >= 4 is 11.7 Å². The SMILES string of the molecule is COC(=O)c1c(OCc2ccccc2)c(=O)ccn1/N=C1/CCCOc2ccccc21. The lowest BCUT2D eigenvalue weighted by atomic mass is 10.1. The van der Waals surface area contributed by atoms with E-state index in [2.05, 4.69) is 5.10 Å². The van der Waals surface area contributed by atoms with Gasteiger partial charge in [-0.05, 0) is 30.5 Å². The fourth-order valence-electron chi connectivity index (χ4n) is 3.37. The van der Waals surface area contributed by atoms with Gasteiger partial charge in [0, 0.05) is 17.8 Å². The highest BCUT2D eigenvalue weighted by Crippen LogP contribution is 2.25. The van der Waals surface area contributed by atoms with Crippen LogP contribution in [0.3, 0.4) is 0 Å². The Hall–Kier alpha value is -3.87. The summed E-state index contributed by atoms with van der Waals surface area (Å²) in [5.41, 5.74) is 1.99. The highest BCUT2D eigenvalue weighted by atomic mass is 16.5. The first-order valence-corrected chi connectivity index (χ1v) is 9.98. The molecule has 158 valence electrons. The molecule has 1 aromatic heterocycles. The maximum Gasteiger partial charge on any atom is 0.360 e. The fourth-order valence-corrected chi connectivity index (χ4v) is 3.37. The topological polar surface area (TPSA) is 79.1 Å². The number of hydrogen-bond donors (Lipinski definition) is 0. The number of ether oxygens (including phenoxy) is 3. The zero-order chi connectivity index (χ0) is 21.6. The van der Waals surface area contributed by atoms with E-state index in [1.807, 2.05) is 54.6 Å². The van der Waals surface area contributed by atoms with E-state index in [0.29, 0.717) is 13.0 Å². The lowest BCUT2D eigenvalue weighted by molar-refractivity contribution is 0.0582. The summed E-state index contributed by atoms with van der Waals surface area (Å²) in [6.45, 7) is 0.715. The molecule has 31 heavy (non-hydrogen) atoms. The first kappa shape index (κ1) is 20.4. The molecule has 0 spiro atoms. The van der Waals surface area contributed by atoms with Gasteiger partial charge in [-0.25, -0.2) is 9.47 Å². The van der Waals surface area contributed by atoms with Gasteiger partial charge in [-0.2, -0.15) is 5.10 Å². The van der Waals surface area contributed by atoms with Crippen LogP contribution in [0.1, 0.15) is 34.5 Å². The Bertz CT molecular complexity index is 1170. The summed E-state index contributed by atoms with van der Waals surface area (Å²) in [5.74, 6) is -0.0658. The Morgan fingerprint density at radius 3 is 2.68 bits per heavy atom. The molecule has 7 heteroatoms. The van der Waals surface area contributed by atoms with Gasteiger partial charge < -0.3 is 14.2 Å². The molecular formula is C24H22N2O5. The summed E-state index contributed by atoms with van der Waals surface area (Å²) in [4.78, 5) is 25.2. The number of pyridine rings is 1. The van der Waals surface area contributed by atoms with Crippen LogP contribution in [-0.4, -0.2) is 30.1 Å². The van der Waals surface area contributed by atoms with Gasteiger partial charge in [0.1, 0.15) is 12.4 Å². The van der Waals surface area contributed by atoms with Crippen LogP contribution in [0.2, 0.25) is 0 Å². The second-order valence-electron chi connectivity index (χ2n) is 6.96. The molecular weight excluding hydrogens is 396 g/mol. The largest absolute Gasteiger partial charge is 0.493 e. The average Bonchev–Trinajstić information content (AvgIpc) is 3.01. The van der Waals surface area contributed by atoms with Crippen molar-refractivity contribution in [2.24, 2.45) is 5.10 Å². The molecule has 0 radical (unpaired) electrons. The molecule has 1 aliphatic heterocycles. The minimum atomic E-state index is -0.705. The van der Waals surface area contributed by atoms with Crippen LogP contribution in [0.4, 0.5) is 0 Å². The van der Waals surface area contributed by atoms with Gasteiger partial charge in [0.25, 0.3) is 0 Å². The molecule has 2 aromatic carbocycles. The molecule has 0 atom stereocenters. The molecule has 2 heterocycles. The number of esters is 1. The number of hydrogen-bond acceptors (Lipinski definition) is 6. The van der Waals surface area contributed by atoms with E-state index in [1.165, 1.54) is 24.0 Å². The summed E-state index contributed by atoms with van der Waals surface area (Å²) in [6.07, 6.45) is 2.88. The van der Waals surface area contributed by atoms with Crippen LogP contribution in [0.15, 0.2) is 76.8 Å². The number of aromatic nitrogens is 1. The van der Waals surface area contributed by atoms with Crippen molar-refractivity contribution in [1.29, 1.82) is 0 Å². The average molecular weight is 418 g/mol. The second-order valence-corrected chi connectivity index (χ2v) is 6.96. The Labute approximate surface area is 179 Å². The van der Waals surface area contributed by atoms with Crippen molar-refractivity contribution < 1.29 is 19.0 Å². The summed E-state index contributed by atoms with van der Waals surface area (Å²) in [7, 11) is 1.26. The molecule has 0 saturated heterocycles. The Kier molecular flexibility index (Phi) is 6.12. The minimum Gasteiger partial charge on any atom is -0.493 e. The smallest absolute Gasteiger partial charge is 0.360 e. The lowest BCUT2D eigenvalue weighted by Gasteiger charge is -2.14. The highest BCUT2D eigenvalue weighted by molar-refractivity contribution is 6.03. The second kappa shape index (κ2) is 9.30. The summed E-state index contributed by atoms with van der Waals surface area (Å²) in [6, 6.07) is 18.3. The van der Waals surface area contributed by atoms with Crippen molar-refractivity contribution in [1.82, 2.24) is 4.68 Å². The minimum absolute atomic E-state index is 0.0546. The van der Waals surface area contributed by atoms with E-state index in [0.717, 1.165) is 29.0 Å². The molecule has 0 N–H and O–H groups in total. The standard InChI is InChI=1S/C24H22N2O5/c1-29-24(28)22-23(31-16-17-8-3-2-4-9-17)20(27)13-14-26(22)25-19-11-7-15-30-21-12-6-5-10-18(19)21/h2-6,8-10,12-14H,7,11,15-16H2,1H3/b25-19-. The number of rotatable bonds is 5. The Balaban J connectivity index is 1.78. The molecule has 0 unspecified atom stereocenters. The maximum atomic E-state index is 12.6. The molecule has 0 bridgehead atoms. The molecule has 4 rings (SSSR count).